The molecule has 2 fully saturated rings. The van der Waals surface area contributed by atoms with Gasteiger partial charge in [0.05, 0.1) is 0 Å². The molecule has 1 saturated heterocycles. The van der Waals surface area contributed by atoms with Crippen LogP contribution in [0.4, 0.5) is 4.79 Å². The second kappa shape index (κ2) is 6.46. The van der Waals surface area contributed by atoms with Gasteiger partial charge in [0, 0.05) is 32.1 Å². The van der Waals surface area contributed by atoms with Crippen LogP contribution in [-0.4, -0.2) is 52.6 Å². The second-order valence-corrected chi connectivity index (χ2v) is 6.51. The molecule has 0 spiro atoms. The molecular weight excluding hydrogens is 256 g/mol. The van der Waals surface area contributed by atoms with Gasteiger partial charge in [-0.1, -0.05) is 0 Å². The van der Waals surface area contributed by atoms with Gasteiger partial charge in [0.25, 0.3) is 0 Å². The van der Waals surface area contributed by atoms with Gasteiger partial charge in [0.2, 0.25) is 0 Å². The summed E-state index contributed by atoms with van der Waals surface area (Å²) in [5.41, 5.74) is 0. The Hall–Kier alpha value is -1.26. The van der Waals surface area contributed by atoms with E-state index in [2.05, 4.69) is 13.8 Å². The van der Waals surface area contributed by atoms with Gasteiger partial charge in [-0.25, -0.2) is 4.79 Å². The van der Waals surface area contributed by atoms with Crippen molar-refractivity contribution in [2.75, 3.05) is 19.6 Å². The first kappa shape index (κ1) is 15.1. The largest absolute Gasteiger partial charge is 0.481 e. The van der Waals surface area contributed by atoms with Gasteiger partial charge in [-0.15, -0.1) is 0 Å². The average Bonchev–Trinajstić information content (AvgIpc) is 3.08. The summed E-state index contributed by atoms with van der Waals surface area (Å²) < 4.78 is 0. The number of carbonyl (C=O) groups excluding carboxylic acids is 1. The fourth-order valence-corrected chi connectivity index (χ4v) is 2.84. The molecule has 5 nitrogen and oxygen atoms in total. The van der Waals surface area contributed by atoms with Crippen molar-refractivity contribution in [3.63, 3.8) is 0 Å². The zero-order chi connectivity index (χ0) is 14.7. The van der Waals surface area contributed by atoms with Crippen molar-refractivity contribution in [3.05, 3.63) is 0 Å². The van der Waals surface area contributed by atoms with Crippen molar-refractivity contribution in [1.82, 2.24) is 9.80 Å². The van der Waals surface area contributed by atoms with Crippen molar-refractivity contribution in [2.45, 2.75) is 52.0 Å². The molecule has 0 aromatic carbocycles. The van der Waals surface area contributed by atoms with E-state index in [4.69, 9.17) is 5.11 Å². The predicted molar refractivity (Wildman–Crippen MR) is 76.5 cm³/mol. The number of carbonyl (C=O) groups is 2. The third-order valence-corrected chi connectivity index (χ3v) is 4.34. The Morgan fingerprint density at radius 1 is 1.25 bits per heavy atom. The second-order valence-electron chi connectivity index (χ2n) is 6.51. The van der Waals surface area contributed by atoms with E-state index in [1.807, 2.05) is 9.80 Å². The minimum absolute atomic E-state index is 0.143. The lowest BCUT2D eigenvalue weighted by molar-refractivity contribution is -0.137. The van der Waals surface area contributed by atoms with E-state index < -0.39 is 5.97 Å². The van der Waals surface area contributed by atoms with E-state index in [1.165, 1.54) is 12.8 Å². The monoisotopic (exact) mass is 282 g/mol. The number of likely N-dealkylation sites (tertiary alicyclic amines) is 1. The number of urea groups is 1. The molecule has 1 aliphatic heterocycles. The molecule has 1 heterocycles. The number of nitrogens with zero attached hydrogens (tertiary/aromatic N) is 2. The number of carboxylic acid groups (broad SMARTS) is 1. The maximum Gasteiger partial charge on any atom is 0.320 e. The molecule has 2 aliphatic rings. The molecule has 1 N–H and O–H groups in total. The normalized spacial score (nSPS) is 22.4. The summed E-state index contributed by atoms with van der Waals surface area (Å²) in [6, 6.07) is 0.380. The molecule has 20 heavy (non-hydrogen) atoms. The molecule has 1 aliphatic carbocycles. The fourth-order valence-electron chi connectivity index (χ4n) is 2.84. The quantitative estimate of drug-likeness (QED) is 0.814. The van der Waals surface area contributed by atoms with Crippen LogP contribution in [0, 0.1) is 11.8 Å². The summed E-state index contributed by atoms with van der Waals surface area (Å²) in [5.74, 6) is 0.309. The number of rotatable bonds is 6. The van der Waals surface area contributed by atoms with Crippen LogP contribution in [0.3, 0.4) is 0 Å². The number of hydrogen-bond donors (Lipinski definition) is 1. The Labute approximate surface area is 120 Å². The Morgan fingerprint density at radius 3 is 2.50 bits per heavy atom. The van der Waals surface area contributed by atoms with Crippen molar-refractivity contribution in [2.24, 2.45) is 11.8 Å². The van der Waals surface area contributed by atoms with Crippen LogP contribution < -0.4 is 0 Å². The first-order valence-corrected chi connectivity index (χ1v) is 7.74. The van der Waals surface area contributed by atoms with Crippen LogP contribution in [0.1, 0.15) is 46.0 Å². The van der Waals surface area contributed by atoms with Gasteiger partial charge in [-0.05, 0) is 51.4 Å². The van der Waals surface area contributed by atoms with E-state index >= 15 is 0 Å². The molecule has 0 aromatic rings. The summed E-state index contributed by atoms with van der Waals surface area (Å²) >= 11 is 0. The number of aliphatic carboxylic acids is 1. The third kappa shape index (κ3) is 4.12. The molecule has 0 radical (unpaired) electrons. The first-order valence-electron chi connectivity index (χ1n) is 7.74. The maximum atomic E-state index is 12.6. The highest BCUT2D eigenvalue weighted by molar-refractivity contribution is 5.75. The van der Waals surface area contributed by atoms with Crippen molar-refractivity contribution in [1.29, 1.82) is 0 Å². The summed E-state index contributed by atoms with van der Waals surface area (Å²) in [6.07, 6.45) is 4.33. The first-order chi connectivity index (χ1) is 9.47. The lowest BCUT2D eigenvalue weighted by atomic mass is 10.0. The minimum Gasteiger partial charge on any atom is -0.481 e. The molecule has 0 bridgehead atoms. The maximum absolute atomic E-state index is 12.6. The van der Waals surface area contributed by atoms with E-state index in [9.17, 15) is 9.59 Å². The zero-order valence-corrected chi connectivity index (χ0v) is 12.5. The highest BCUT2D eigenvalue weighted by atomic mass is 16.4. The van der Waals surface area contributed by atoms with Gasteiger partial charge >= 0.3 is 12.0 Å². The van der Waals surface area contributed by atoms with Gasteiger partial charge in [-0.3, -0.25) is 4.79 Å². The number of carboxylic acids is 1. The van der Waals surface area contributed by atoms with Crippen LogP contribution in [0.2, 0.25) is 0 Å². The molecular formula is C15H26N2O3. The standard InChI is InChI=1S/C15H26N2O3/c1-11(2)17(10-12-3-4-12)15(20)16-8-7-13(9-16)5-6-14(18)19/h11-13H,3-10H2,1-2H3,(H,18,19). The van der Waals surface area contributed by atoms with E-state index in [0.29, 0.717) is 18.3 Å². The Bertz CT molecular complexity index is 366. The fraction of sp³-hybridized carbons (Fsp3) is 0.867. The van der Waals surface area contributed by atoms with Gasteiger partial charge in [0.1, 0.15) is 0 Å². The van der Waals surface area contributed by atoms with Crippen LogP contribution in [0.25, 0.3) is 0 Å². The summed E-state index contributed by atoms with van der Waals surface area (Å²) in [4.78, 5) is 27.1. The van der Waals surface area contributed by atoms with E-state index in [-0.39, 0.29) is 18.5 Å². The number of amides is 2. The Balaban J connectivity index is 1.83. The summed E-state index contributed by atoms with van der Waals surface area (Å²) in [6.45, 7) is 6.51. The minimum atomic E-state index is -0.743. The van der Waals surface area contributed by atoms with Gasteiger partial charge < -0.3 is 14.9 Å². The zero-order valence-electron chi connectivity index (χ0n) is 12.5. The predicted octanol–water partition coefficient (Wildman–Crippen LogP) is 2.41. The molecule has 114 valence electrons. The molecule has 1 unspecified atom stereocenters. The third-order valence-electron chi connectivity index (χ3n) is 4.34. The van der Waals surface area contributed by atoms with Crippen molar-refractivity contribution < 1.29 is 14.7 Å². The topological polar surface area (TPSA) is 60.9 Å². The van der Waals surface area contributed by atoms with Crippen LogP contribution in [-0.2, 0) is 4.79 Å². The highest BCUT2D eigenvalue weighted by Gasteiger charge is 2.33. The molecule has 1 atom stereocenters. The highest BCUT2D eigenvalue weighted by Crippen LogP contribution is 2.31. The van der Waals surface area contributed by atoms with Gasteiger partial charge in [-0.2, -0.15) is 0 Å². The number of hydrogen-bond acceptors (Lipinski definition) is 2. The molecule has 5 heteroatoms. The van der Waals surface area contributed by atoms with Crippen LogP contribution in [0.15, 0.2) is 0 Å². The Morgan fingerprint density at radius 2 is 1.95 bits per heavy atom. The lowest BCUT2D eigenvalue weighted by Crippen LogP contribution is -2.46. The van der Waals surface area contributed by atoms with Crippen LogP contribution in [0.5, 0.6) is 0 Å². The molecule has 2 rings (SSSR count). The van der Waals surface area contributed by atoms with Crippen molar-refractivity contribution >= 4 is 12.0 Å². The summed E-state index contributed by atoms with van der Waals surface area (Å²) in [5, 5.41) is 8.73. The van der Waals surface area contributed by atoms with E-state index in [1.54, 1.807) is 0 Å². The average molecular weight is 282 g/mol. The summed E-state index contributed by atoms with van der Waals surface area (Å²) in [7, 11) is 0. The molecule has 0 aromatic heterocycles. The lowest BCUT2D eigenvalue weighted by Gasteiger charge is -2.31. The molecule has 2 amide bonds. The molecule has 1 saturated carbocycles. The van der Waals surface area contributed by atoms with E-state index in [0.717, 1.165) is 26.1 Å². The van der Waals surface area contributed by atoms with Crippen molar-refractivity contribution in [3.8, 4) is 0 Å². The van der Waals surface area contributed by atoms with Gasteiger partial charge in [0.15, 0.2) is 0 Å². The Kier molecular flexibility index (Phi) is 4.89. The SMILES string of the molecule is CC(C)N(CC1CC1)C(=O)N1CCC(CCC(=O)O)C1. The van der Waals surface area contributed by atoms with Crippen LogP contribution >= 0.6 is 0 Å². The smallest absolute Gasteiger partial charge is 0.320 e.